The van der Waals surface area contributed by atoms with Gasteiger partial charge in [-0.1, -0.05) is 0 Å². The second-order valence-electron chi connectivity index (χ2n) is 5.48. The molecule has 0 aromatic carbocycles. The van der Waals surface area contributed by atoms with Crippen LogP contribution in [-0.4, -0.2) is 16.1 Å². The standard InChI is InChI=1S/C13H18N2O2/c1-12(2,3)17-11(16)10-6-7-15(8-10)13(4,5)9-14/h6-8H,1-5H3. The van der Waals surface area contributed by atoms with E-state index >= 15 is 0 Å². The second kappa shape index (κ2) is 4.25. The van der Waals surface area contributed by atoms with Gasteiger partial charge in [-0.25, -0.2) is 4.79 Å². The monoisotopic (exact) mass is 234 g/mol. The Labute approximate surface area is 102 Å². The van der Waals surface area contributed by atoms with Crippen LogP contribution in [0.3, 0.4) is 0 Å². The molecule has 1 aromatic rings. The zero-order chi connectivity index (χ0) is 13.3. The number of nitrogens with zero attached hydrogens (tertiary/aromatic N) is 2. The van der Waals surface area contributed by atoms with Crippen molar-refractivity contribution >= 4 is 5.97 Å². The minimum atomic E-state index is -0.666. The summed E-state index contributed by atoms with van der Waals surface area (Å²) in [6.45, 7) is 9.03. The molecule has 0 saturated heterocycles. The van der Waals surface area contributed by atoms with Gasteiger partial charge in [0.25, 0.3) is 0 Å². The third-order valence-electron chi connectivity index (χ3n) is 2.25. The Hall–Kier alpha value is -1.76. The third kappa shape index (κ3) is 3.35. The quantitative estimate of drug-likeness (QED) is 0.739. The van der Waals surface area contributed by atoms with Gasteiger partial charge >= 0.3 is 5.97 Å². The summed E-state index contributed by atoms with van der Waals surface area (Å²) in [7, 11) is 0. The van der Waals surface area contributed by atoms with Gasteiger partial charge in [-0.05, 0) is 40.7 Å². The van der Waals surface area contributed by atoms with Crippen LogP contribution in [0.1, 0.15) is 45.0 Å². The average molecular weight is 234 g/mol. The summed E-state index contributed by atoms with van der Waals surface area (Å²) in [6.07, 6.45) is 3.35. The number of rotatable bonds is 2. The molecule has 0 aliphatic rings. The fourth-order valence-corrected chi connectivity index (χ4v) is 1.26. The molecule has 0 aliphatic heterocycles. The Kier molecular flexibility index (Phi) is 3.33. The van der Waals surface area contributed by atoms with Crippen molar-refractivity contribution in [3.63, 3.8) is 0 Å². The fraction of sp³-hybridized carbons (Fsp3) is 0.538. The van der Waals surface area contributed by atoms with Crippen molar-refractivity contribution in [2.24, 2.45) is 0 Å². The van der Waals surface area contributed by atoms with E-state index in [1.54, 1.807) is 36.9 Å². The zero-order valence-corrected chi connectivity index (χ0v) is 10.9. The summed E-state index contributed by atoms with van der Waals surface area (Å²) in [5.41, 5.74) is -0.715. The lowest BCUT2D eigenvalue weighted by Gasteiger charge is -2.19. The first-order chi connectivity index (χ1) is 7.65. The van der Waals surface area contributed by atoms with E-state index < -0.39 is 11.1 Å². The number of carbonyl (C=O) groups is 1. The molecule has 17 heavy (non-hydrogen) atoms. The normalized spacial score (nSPS) is 12.0. The van der Waals surface area contributed by atoms with Crippen LogP contribution >= 0.6 is 0 Å². The van der Waals surface area contributed by atoms with Gasteiger partial charge in [0.15, 0.2) is 0 Å². The first-order valence-corrected chi connectivity index (χ1v) is 5.49. The van der Waals surface area contributed by atoms with E-state index in [2.05, 4.69) is 6.07 Å². The third-order valence-corrected chi connectivity index (χ3v) is 2.25. The lowest BCUT2D eigenvalue weighted by molar-refractivity contribution is 0.00695. The van der Waals surface area contributed by atoms with E-state index in [4.69, 9.17) is 10.00 Å². The van der Waals surface area contributed by atoms with E-state index in [0.717, 1.165) is 0 Å². The number of hydrogen-bond donors (Lipinski definition) is 0. The van der Waals surface area contributed by atoms with Crippen molar-refractivity contribution in [1.82, 2.24) is 4.57 Å². The van der Waals surface area contributed by atoms with Crippen LogP contribution in [0.25, 0.3) is 0 Å². The first-order valence-electron chi connectivity index (χ1n) is 5.49. The Balaban J connectivity index is 2.90. The van der Waals surface area contributed by atoms with Crippen molar-refractivity contribution in [3.05, 3.63) is 24.0 Å². The molecule has 0 bridgehead atoms. The van der Waals surface area contributed by atoms with E-state index in [1.165, 1.54) is 0 Å². The Morgan fingerprint density at radius 3 is 2.41 bits per heavy atom. The van der Waals surface area contributed by atoms with Crippen LogP contribution in [-0.2, 0) is 10.3 Å². The van der Waals surface area contributed by atoms with Crippen LogP contribution in [0.2, 0.25) is 0 Å². The van der Waals surface area contributed by atoms with Crippen LogP contribution in [0.4, 0.5) is 0 Å². The minimum Gasteiger partial charge on any atom is -0.456 e. The van der Waals surface area contributed by atoms with Gasteiger partial charge in [0, 0.05) is 12.4 Å². The van der Waals surface area contributed by atoms with Gasteiger partial charge in [0.2, 0.25) is 0 Å². The predicted octanol–water partition coefficient (Wildman–Crippen LogP) is 2.70. The van der Waals surface area contributed by atoms with Crippen LogP contribution in [0, 0.1) is 11.3 Å². The fourth-order valence-electron chi connectivity index (χ4n) is 1.26. The van der Waals surface area contributed by atoms with Crippen LogP contribution < -0.4 is 0 Å². The molecule has 4 nitrogen and oxygen atoms in total. The minimum absolute atomic E-state index is 0.370. The molecule has 1 heterocycles. The summed E-state index contributed by atoms with van der Waals surface area (Å²) in [4.78, 5) is 11.8. The van der Waals surface area contributed by atoms with E-state index in [0.29, 0.717) is 5.56 Å². The van der Waals surface area contributed by atoms with Crippen LogP contribution in [0.15, 0.2) is 18.5 Å². The molecule has 4 heteroatoms. The van der Waals surface area contributed by atoms with Crippen LogP contribution in [0.5, 0.6) is 0 Å². The molecule has 0 fully saturated rings. The van der Waals surface area contributed by atoms with E-state index in [1.807, 2.05) is 20.8 Å². The Morgan fingerprint density at radius 2 is 1.94 bits per heavy atom. The molecule has 0 saturated carbocycles. The molecule has 0 N–H and O–H groups in total. The van der Waals surface area contributed by atoms with E-state index in [-0.39, 0.29) is 5.97 Å². The maximum atomic E-state index is 11.8. The van der Waals surface area contributed by atoms with Crippen molar-refractivity contribution in [1.29, 1.82) is 5.26 Å². The van der Waals surface area contributed by atoms with Gasteiger partial charge in [-0.15, -0.1) is 0 Å². The smallest absolute Gasteiger partial charge is 0.340 e. The number of ether oxygens (including phenoxy) is 1. The Morgan fingerprint density at radius 1 is 1.35 bits per heavy atom. The molecule has 92 valence electrons. The largest absolute Gasteiger partial charge is 0.456 e. The predicted molar refractivity (Wildman–Crippen MR) is 64.5 cm³/mol. The second-order valence-corrected chi connectivity index (χ2v) is 5.48. The molecule has 0 atom stereocenters. The maximum Gasteiger partial charge on any atom is 0.340 e. The summed E-state index contributed by atoms with van der Waals surface area (Å²) < 4.78 is 6.95. The van der Waals surface area contributed by atoms with Crippen molar-refractivity contribution < 1.29 is 9.53 Å². The highest BCUT2D eigenvalue weighted by molar-refractivity contribution is 5.89. The average Bonchev–Trinajstić information content (AvgIpc) is 2.64. The molecule has 0 aliphatic carbocycles. The summed E-state index contributed by atoms with van der Waals surface area (Å²) in [5.74, 6) is -0.370. The number of carbonyl (C=O) groups excluding carboxylic acids is 1. The van der Waals surface area contributed by atoms with Gasteiger partial charge in [-0.3, -0.25) is 0 Å². The zero-order valence-electron chi connectivity index (χ0n) is 10.9. The highest BCUT2D eigenvalue weighted by atomic mass is 16.6. The van der Waals surface area contributed by atoms with Crippen molar-refractivity contribution in [3.8, 4) is 6.07 Å². The highest BCUT2D eigenvalue weighted by Crippen LogP contribution is 2.18. The molecular weight excluding hydrogens is 216 g/mol. The van der Waals surface area contributed by atoms with E-state index in [9.17, 15) is 4.79 Å². The lowest BCUT2D eigenvalue weighted by Crippen LogP contribution is -2.24. The maximum absolute atomic E-state index is 11.8. The van der Waals surface area contributed by atoms with Crippen molar-refractivity contribution in [2.45, 2.75) is 45.8 Å². The summed E-state index contributed by atoms with van der Waals surface area (Å²) in [5, 5.41) is 8.99. The molecular formula is C13H18N2O2. The molecule has 0 spiro atoms. The number of nitriles is 1. The van der Waals surface area contributed by atoms with Gasteiger partial charge in [0.05, 0.1) is 11.6 Å². The topological polar surface area (TPSA) is 55.0 Å². The highest BCUT2D eigenvalue weighted by Gasteiger charge is 2.22. The molecule has 1 aromatic heterocycles. The summed E-state index contributed by atoms with van der Waals surface area (Å²) in [6, 6.07) is 3.83. The van der Waals surface area contributed by atoms with Crippen molar-refractivity contribution in [2.75, 3.05) is 0 Å². The van der Waals surface area contributed by atoms with Gasteiger partial charge < -0.3 is 9.30 Å². The Bertz CT molecular complexity index is 458. The molecule has 0 radical (unpaired) electrons. The molecule has 0 unspecified atom stereocenters. The van der Waals surface area contributed by atoms with Gasteiger partial charge in [-0.2, -0.15) is 5.26 Å². The number of aromatic nitrogens is 1. The SMILES string of the molecule is CC(C)(C)OC(=O)c1ccn(C(C)(C)C#N)c1. The molecule has 0 amide bonds. The number of hydrogen-bond acceptors (Lipinski definition) is 3. The molecule has 1 rings (SSSR count). The number of esters is 1. The lowest BCUT2D eigenvalue weighted by atomic mass is 10.1. The van der Waals surface area contributed by atoms with Gasteiger partial charge in [0.1, 0.15) is 11.1 Å². The summed E-state index contributed by atoms with van der Waals surface area (Å²) >= 11 is 0. The first kappa shape index (κ1) is 13.3.